The third-order valence-corrected chi connectivity index (χ3v) is 4.73. The zero-order valence-electron chi connectivity index (χ0n) is 18.3. The van der Waals surface area contributed by atoms with Gasteiger partial charge in [0.05, 0.1) is 11.9 Å². The quantitative estimate of drug-likeness (QED) is 0.173. The van der Waals surface area contributed by atoms with Crippen LogP contribution in [0.5, 0.6) is 17.2 Å². The number of para-hydroxylation sites is 1. The summed E-state index contributed by atoms with van der Waals surface area (Å²) in [5.41, 5.74) is 6.03. The van der Waals surface area contributed by atoms with Crippen molar-refractivity contribution in [2.24, 2.45) is 5.10 Å². The van der Waals surface area contributed by atoms with Gasteiger partial charge >= 0.3 is 0 Å². The Morgan fingerprint density at radius 2 is 1.24 bits per heavy atom. The maximum Gasteiger partial charge on any atom is 0.122 e. The first-order valence-electron chi connectivity index (χ1n) is 10.8. The highest BCUT2D eigenvalue weighted by atomic mass is 16.5. The third kappa shape index (κ3) is 7.43. The standard InChI is InChI=1S/C28H26N2O3/c1-3-8-23(9-4-1)22-33-27-16-14-26(15-17-27)31-18-19-32-28-13-7-10-24(20-28)21-29-30-25-11-5-2-6-12-25/h1-17,20-21,30H,18-19,22H2. The van der Waals surface area contributed by atoms with E-state index in [-0.39, 0.29) is 0 Å². The summed E-state index contributed by atoms with van der Waals surface area (Å²) in [7, 11) is 0. The molecule has 0 unspecified atom stereocenters. The van der Waals surface area contributed by atoms with Gasteiger partial charge in [0.2, 0.25) is 0 Å². The van der Waals surface area contributed by atoms with Crippen LogP contribution in [0.1, 0.15) is 11.1 Å². The van der Waals surface area contributed by atoms with Crippen LogP contribution in [0.4, 0.5) is 5.69 Å². The molecular formula is C28H26N2O3. The molecule has 0 radical (unpaired) electrons. The minimum atomic E-state index is 0.440. The predicted octanol–water partition coefficient (Wildman–Crippen LogP) is 6.17. The van der Waals surface area contributed by atoms with Gasteiger partial charge in [0.25, 0.3) is 0 Å². The molecule has 0 spiro atoms. The van der Waals surface area contributed by atoms with E-state index in [2.05, 4.69) is 10.5 Å². The Labute approximate surface area is 194 Å². The summed E-state index contributed by atoms with van der Waals surface area (Å²) in [6.07, 6.45) is 1.76. The first kappa shape index (κ1) is 22.0. The monoisotopic (exact) mass is 438 g/mol. The topological polar surface area (TPSA) is 52.1 Å². The summed E-state index contributed by atoms with van der Waals surface area (Å²) in [5.74, 6) is 2.35. The summed E-state index contributed by atoms with van der Waals surface area (Å²) in [5, 5.41) is 4.26. The number of hydrazone groups is 1. The lowest BCUT2D eigenvalue weighted by Gasteiger charge is -2.10. The van der Waals surface area contributed by atoms with Gasteiger partial charge in [-0.1, -0.05) is 60.7 Å². The number of anilines is 1. The fourth-order valence-corrected chi connectivity index (χ4v) is 3.07. The first-order valence-corrected chi connectivity index (χ1v) is 10.8. The van der Waals surface area contributed by atoms with E-state index in [0.717, 1.165) is 34.1 Å². The third-order valence-electron chi connectivity index (χ3n) is 4.73. The summed E-state index contributed by atoms with van der Waals surface area (Å²) < 4.78 is 17.4. The van der Waals surface area contributed by atoms with Crippen molar-refractivity contribution in [1.29, 1.82) is 0 Å². The molecule has 0 saturated carbocycles. The SMILES string of the molecule is C(=NNc1ccccc1)c1cccc(OCCOc2ccc(OCc3ccccc3)cc2)c1. The van der Waals surface area contributed by atoms with E-state index >= 15 is 0 Å². The van der Waals surface area contributed by atoms with Crippen molar-refractivity contribution in [1.82, 2.24) is 0 Å². The minimum Gasteiger partial charge on any atom is -0.490 e. The van der Waals surface area contributed by atoms with Crippen LogP contribution in [0.15, 0.2) is 114 Å². The smallest absolute Gasteiger partial charge is 0.122 e. The molecule has 0 aliphatic carbocycles. The second kappa shape index (κ2) is 12.0. The van der Waals surface area contributed by atoms with Gasteiger partial charge < -0.3 is 14.2 Å². The largest absolute Gasteiger partial charge is 0.490 e. The lowest BCUT2D eigenvalue weighted by molar-refractivity contribution is 0.217. The maximum atomic E-state index is 5.81. The van der Waals surface area contributed by atoms with Crippen LogP contribution in [-0.4, -0.2) is 19.4 Å². The molecule has 166 valence electrons. The predicted molar refractivity (Wildman–Crippen MR) is 132 cm³/mol. The second-order valence-electron chi connectivity index (χ2n) is 7.25. The van der Waals surface area contributed by atoms with E-state index in [4.69, 9.17) is 14.2 Å². The van der Waals surface area contributed by atoms with Gasteiger partial charge in [-0.15, -0.1) is 0 Å². The Morgan fingerprint density at radius 1 is 0.606 bits per heavy atom. The van der Waals surface area contributed by atoms with Crippen LogP contribution in [0.2, 0.25) is 0 Å². The van der Waals surface area contributed by atoms with E-state index < -0.39 is 0 Å². The van der Waals surface area contributed by atoms with Crippen molar-refractivity contribution in [3.05, 3.63) is 120 Å². The van der Waals surface area contributed by atoms with Crippen LogP contribution < -0.4 is 19.6 Å². The molecular weight excluding hydrogens is 412 g/mol. The number of hydrogen-bond acceptors (Lipinski definition) is 5. The Bertz CT molecular complexity index is 1130. The molecule has 0 aliphatic rings. The van der Waals surface area contributed by atoms with Crippen molar-refractivity contribution in [2.75, 3.05) is 18.6 Å². The zero-order valence-corrected chi connectivity index (χ0v) is 18.3. The molecule has 0 atom stereocenters. The highest BCUT2D eigenvalue weighted by Gasteiger charge is 2.00. The van der Waals surface area contributed by atoms with Crippen molar-refractivity contribution >= 4 is 11.9 Å². The summed E-state index contributed by atoms with van der Waals surface area (Å²) in [4.78, 5) is 0. The van der Waals surface area contributed by atoms with E-state index in [9.17, 15) is 0 Å². The van der Waals surface area contributed by atoms with Gasteiger partial charge in [0.15, 0.2) is 0 Å². The number of hydrogen-bond donors (Lipinski definition) is 1. The first-order chi connectivity index (χ1) is 16.3. The molecule has 5 heteroatoms. The number of benzene rings is 4. The molecule has 0 bridgehead atoms. The van der Waals surface area contributed by atoms with Gasteiger partial charge in [-0.3, -0.25) is 5.43 Å². The van der Waals surface area contributed by atoms with Gasteiger partial charge in [0.1, 0.15) is 37.1 Å². The van der Waals surface area contributed by atoms with Crippen LogP contribution in [0.3, 0.4) is 0 Å². The fourth-order valence-electron chi connectivity index (χ4n) is 3.07. The summed E-state index contributed by atoms with van der Waals surface area (Å²) in [6.45, 7) is 1.42. The minimum absolute atomic E-state index is 0.440. The normalized spacial score (nSPS) is 10.7. The molecule has 33 heavy (non-hydrogen) atoms. The van der Waals surface area contributed by atoms with Gasteiger partial charge in [-0.05, 0) is 59.7 Å². The van der Waals surface area contributed by atoms with E-state index in [1.165, 1.54) is 0 Å². The molecule has 4 aromatic rings. The van der Waals surface area contributed by atoms with Crippen LogP contribution in [0.25, 0.3) is 0 Å². The molecule has 0 heterocycles. The van der Waals surface area contributed by atoms with Gasteiger partial charge in [-0.25, -0.2) is 0 Å². The van der Waals surface area contributed by atoms with Crippen LogP contribution >= 0.6 is 0 Å². The van der Waals surface area contributed by atoms with Crippen molar-refractivity contribution in [3.8, 4) is 17.2 Å². The lowest BCUT2D eigenvalue weighted by atomic mass is 10.2. The van der Waals surface area contributed by atoms with Gasteiger partial charge in [-0.2, -0.15) is 5.10 Å². The zero-order chi connectivity index (χ0) is 22.6. The molecule has 1 N–H and O–H groups in total. The van der Waals surface area contributed by atoms with Crippen molar-refractivity contribution in [2.45, 2.75) is 6.61 Å². The molecule has 0 aliphatic heterocycles. The number of nitrogens with zero attached hydrogens (tertiary/aromatic N) is 1. The highest BCUT2D eigenvalue weighted by Crippen LogP contribution is 2.19. The average Bonchev–Trinajstić information content (AvgIpc) is 2.88. The molecule has 0 fully saturated rings. The number of nitrogens with one attached hydrogen (secondary N) is 1. The molecule has 0 aromatic heterocycles. The molecule has 0 saturated heterocycles. The van der Waals surface area contributed by atoms with E-state index in [1.807, 2.05) is 109 Å². The fraction of sp³-hybridized carbons (Fsp3) is 0.107. The van der Waals surface area contributed by atoms with Crippen molar-refractivity contribution in [3.63, 3.8) is 0 Å². The maximum absolute atomic E-state index is 5.81. The Balaban J connectivity index is 1.18. The Hall–Kier alpha value is -4.25. The Kier molecular flexibility index (Phi) is 7.96. The van der Waals surface area contributed by atoms with Crippen molar-refractivity contribution < 1.29 is 14.2 Å². The van der Waals surface area contributed by atoms with E-state index in [1.54, 1.807) is 6.21 Å². The summed E-state index contributed by atoms with van der Waals surface area (Å²) >= 11 is 0. The molecule has 0 amide bonds. The Morgan fingerprint density at radius 3 is 1.97 bits per heavy atom. The molecule has 5 nitrogen and oxygen atoms in total. The van der Waals surface area contributed by atoms with Gasteiger partial charge in [0, 0.05) is 0 Å². The van der Waals surface area contributed by atoms with Crippen LogP contribution in [-0.2, 0) is 6.61 Å². The lowest BCUT2D eigenvalue weighted by Crippen LogP contribution is -2.09. The van der Waals surface area contributed by atoms with E-state index in [0.29, 0.717) is 19.8 Å². The molecule has 4 aromatic carbocycles. The average molecular weight is 439 g/mol. The number of rotatable bonds is 11. The second-order valence-corrected chi connectivity index (χ2v) is 7.25. The number of ether oxygens (including phenoxy) is 3. The highest BCUT2D eigenvalue weighted by molar-refractivity contribution is 5.80. The molecule has 4 rings (SSSR count). The summed E-state index contributed by atoms with van der Waals surface area (Å²) in [6, 6.07) is 35.3. The van der Waals surface area contributed by atoms with Crippen LogP contribution in [0, 0.1) is 0 Å².